The standard InChI is InChI=1S/C14H15N3O4/c1-10(15-18)14-12(7-8-17(19)20)11-5-3-4-6-13(11)16(14)9-21-2/h3-8,18H,9H2,1-2H3/b8-7+,15-10+. The molecule has 0 saturated carbocycles. The number of rotatable bonds is 5. The van der Waals surface area contributed by atoms with Crippen molar-refractivity contribution in [3.05, 3.63) is 51.8 Å². The highest BCUT2D eigenvalue weighted by molar-refractivity contribution is 6.07. The fraction of sp³-hybridized carbons (Fsp3) is 0.214. The summed E-state index contributed by atoms with van der Waals surface area (Å²) in [6.45, 7) is 1.87. The highest BCUT2D eigenvalue weighted by Crippen LogP contribution is 2.28. The molecule has 0 saturated heterocycles. The SMILES string of the molecule is COCn1c(/C(C)=N/O)c(/C=C/[N+](=O)[O-])c2ccccc21. The Labute approximate surface area is 120 Å². The largest absolute Gasteiger partial charge is 0.411 e. The van der Waals surface area contributed by atoms with Crippen molar-refractivity contribution in [2.45, 2.75) is 13.7 Å². The molecule has 2 rings (SSSR count). The second kappa shape index (κ2) is 6.19. The van der Waals surface area contributed by atoms with E-state index in [-0.39, 0.29) is 6.73 Å². The van der Waals surface area contributed by atoms with Gasteiger partial charge in [0.05, 0.1) is 16.1 Å². The maximum absolute atomic E-state index is 10.6. The summed E-state index contributed by atoms with van der Waals surface area (Å²) in [5, 5.41) is 23.7. The van der Waals surface area contributed by atoms with Gasteiger partial charge in [0, 0.05) is 24.1 Å². The van der Waals surface area contributed by atoms with E-state index in [9.17, 15) is 10.1 Å². The summed E-state index contributed by atoms with van der Waals surface area (Å²) in [7, 11) is 1.55. The Kier molecular flexibility index (Phi) is 4.34. The molecule has 0 aliphatic heterocycles. The molecule has 1 aromatic carbocycles. The number of aromatic nitrogens is 1. The van der Waals surface area contributed by atoms with Crippen molar-refractivity contribution in [3.8, 4) is 0 Å². The molecule has 0 aliphatic carbocycles. The number of fused-ring (bicyclic) bond motifs is 1. The minimum atomic E-state index is -0.530. The summed E-state index contributed by atoms with van der Waals surface area (Å²) >= 11 is 0. The lowest BCUT2D eigenvalue weighted by Crippen LogP contribution is -2.10. The van der Waals surface area contributed by atoms with E-state index in [1.807, 2.05) is 28.8 Å². The molecule has 0 amide bonds. The smallest absolute Gasteiger partial charge is 0.235 e. The average molecular weight is 289 g/mol. The lowest BCUT2D eigenvalue weighted by atomic mass is 10.1. The fourth-order valence-corrected chi connectivity index (χ4v) is 2.34. The van der Waals surface area contributed by atoms with Crippen LogP contribution in [0.15, 0.2) is 35.6 Å². The first-order valence-corrected chi connectivity index (χ1v) is 6.21. The van der Waals surface area contributed by atoms with Crippen LogP contribution in [0.5, 0.6) is 0 Å². The summed E-state index contributed by atoms with van der Waals surface area (Å²) in [6.07, 6.45) is 2.27. The number of nitrogens with zero attached hydrogens (tertiary/aromatic N) is 3. The Bertz CT molecular complexity index is 731. The van der Waals surface area contributed by atoms with Gasteiger partial charge in [0.15, 0.2) is 0 Å². The van der Waals surface area contributed by atoms with Gasteiger partial charge in [-0.1, -0.05) is 23.4 Å². The van der Waals surface area contributed by atoms with E-state index in [1.54, 1.807) is 14.0 Å². The molecule has 110 valence electrons. The van der Waals surface area contributed by atoms with Crippen molar-refractivity contribution in [3.63, 3.8) is 0 Å². The van der Waals surface area contributed by atoms with E-state index < -0.39 is 4.92 Å². The molecule has 7 heteroatoms. The number of methoxy groups -OCH3 is 1. The van der Waals surface area contributed by atoms with E-state index in [0.717, 1.165) is 17.1 Å². The Morgan fingerprint density at radius 3 is 2.86 bits per heavy atom. The highest BCUT2D eigenvalue weighted by atomic mass is 16.6. The van der Waals surface area contributed by atoms with E-state index in [4.69, 9.17) is 9.94 Å². The third-order valence-electron chi connectivity index (χ3n) is 3.12. The molecule has 0 aliphatic rings. The average Bonchev–Trinajstić information content (AvgIpc) is 2.79. The Hall–Kier alpha value is -2.67. The van der Waals surface area contributed by atoms with Crippen LogP contribution in [0.4, 0.5) is 0 Å². The molecule has 0 bridgehead atoms. The summed E-state index contributed by atoms with van der Waals surface area (Å²) in [6, 6.07) is 7.45. The van der Waals surface area contributed by atoms with Gasteiger partial charge in [-0.3, -0.25) is 10.1 Å². The van der Waals surface area contributed by atoms with Crippen molar-refractivity contribution in [1.82, 2.24) is 4.57 Å². The first-order chi connectivity index (χ1) is 10.1. The summed E-state index contributed by atoms with van der Waals surface area (Å²) in [5.41, 5.74) is 2.40. The zero-order valence-electron chi connectivity index (χ0n) is 11.7. The van der Waals surface area contributed by atoms with Crippen LogP contribution in [-0.2, 0) is 11.5 Å². The van der Waals surface area contributed by atoms with Gasteiger partial charge in [-0.05, 0) is 13.0 Å². The highest BCUT2D eigenvalue weighted by Gasteiger charge is 2.18. The lowest BCUT2D eigenvalue weighted by Gasteiger charge is -2.09. The van der Waals surface area contributed by atoms with Crippen molar-refractivity contribution >= 4 is 22.7 Å². The van der Waals surface area contributed by atoms with Crippen molar-refractivity contribution in [1.29, 1.82) is 0 Å². The molecule has 1 N–H and O–H groups in total. The third-order valence-corrected chi connectivity index (χ3v) is 3.12. The predicted octanol–water partition coefficient (Wildman–Crippen LogP) is 2.69. The van der Waals surface area contributed by atoms with Gasteiger partial charge in [0.25, 0.3) is 0 Å². The van der Waals surface area contributed by atoms with Gasteiger partial charge in [-0.15, -0.1) is 0 Å². The van der Waals surface area contributed by atoms with Crippen LogP contribution in [-0.4, -0.2) is 27.5 Å². The number of ether oxygens (including phenoxy) is 1. The van der Waals surface area contributed by atoms with E-state index >= 15 is 0 Å². The second-order valence-electron chi connectivity index (χ2n) is 4.41. The second-order valence-corrected chi connectivity index (χ2v) is 4.41. The van der Waals surface area contributed by atoms with Crippen LogP contribution < -0.4 is 0 Å². The molecule has 0 unspecified atom stereocenters. The summed E-state index contributed by atoms with van der Waals surface area (Å²) in [5.74, 6) is 0. The molecule has 1 heterocycles. The van der Waals surface area contributed by atoms with Crippen LogP contribution >= 0.6 is 0 Å². The molecule has 0 fully saturated rings. The van der Waals surface area contributed by atoms with Crippen LogP contribution in [0.2, 0.25) is 0 Å². The van der Waals surface area contributed by atoms with E-state index in [0.29, 0.717) is 17.0 Å². The number of benzene rings is 1. The number of hydrogen-bond donors (Lipinski definition) is 1. The number of nitro groups is 1. The van der Waals surface area contributed by atoms with Crippen molar-refractivity contribution < 1.29 is 14.9 Å². The van der Waals surface area contributed by atoms with Gasteiger partial charge in [0.1, 0.15) is 12.4 Å². The maximum Gasteiger partial charge on any atom is 0.235 e. The van der Waals surface area contributed by atoms with Gasteiger partial charge in [0.2, 0.25) is 6.20 Å². The Morgan fingerprint density at radius 2 is 2.24 bits per heavy atom. The fourth-order valence-electron chi connectivity index (χ4n) is 2.34. The van der Waals surface area contributed by atoms with Crippen LogP contribution in [0.25, 0.3) is 17.0 Å². The first kappa shape index (κ1) is 14.7. The van der Waals surface area contributed by atoms with Crippen molar-refractivity contribution in [2.75, 3.05) is 7.11 Å². The molecule has 0 radical (unpaired) electrons. The van der Waals surface area contributed by atoms with Crippen LogP contribution in [0.1, 0.15) is 18.2 Å². The normalized spacial score (nSPS) is 12.4. The lowest BCUT2D eigenvalue weighted by molar-refractivity contribution is -0.400. The zero-order valence-corrected chi connectivity index (χ0v) is 11.7. The Morgan fingerprint density at radius 1 is 1.52 bits per heavy atom. The monoisotopic (exact) mass is 289 g/mol. The minimum absolute atomic E-state index is 0.245. The van der Waals surface area contributed by atoms with Crippen LogP contribution in [0.3, 0.4) is 0 Å². The predicted molar refractivity (Wildman–Crippen MR) is 79.0 cm³/mol. The van der Waals surface area contributed by atoms with Gasteiger partial charge in [-0.25, -0.2) is 0 Å². The van der Waals surface area contributed by atoms with Gasteiger partial charge in [-0.2, -0.15) is 0 Å². The number of oxime groups is 1. The topological polar surface area (TPSA) is 89.9 Å². The molecule has 21 heavy (non-hydrogen) atoms. The molecule has 0 spiro atoms. The quantitative estimate of drug-likeness (QED) is 0.396. The molecule has 2 aromatic rings. The molecule has 7 nitrogen and oxygen atoms in total. The van der Waals surface area contributed by atoms with E-state index in [1.165, 1.54) is 6.08 Å². The summed E-state index contributed by atoms with van der Waals surface area (Å²) in [4.78, 5) is 10.1. The third kappa shape index (κ3) is 2.77. The van der Waals surface area contributed by atoms with Gasteiger partial charge < -0.3 is 14.5 Å². The Balaban J connectivity index is 2.82. The maximum atomic E-state index is 10.6. The zero-order chi connectivity index (χ0) is 15.4. The molecular weight excluding hydrogens is 274 g/mol. The first-order valence-electron chi connectivity index (χ1n) is 6.21. The van der Waals surface area contributed by atoms with Gasteiger partial charge >= 0.3 is 0 Å². The van der Waals surface area contributed by atoms with Crippen molar-refractivity contribution in [2.24, 2.45) is 5.16 Å². The van der Waals surface area contributed by atoms with E-state index in [2.05, 4.69) is 5.16 Å². The van der Waals surface area contributed by atoms with Crippen LogP contribution in [0, 0.1) is 10.1 Å². The molecule has 0 atom stereocenters. The molecule has 1 aromatic heterocycles. The number of hydrogen-bond acceptors (Lipinski definition) is 5. The minimum Gasteiger partial charge on any atom is -0.411 e. The summed E-state index contributed by atoms with van der Waals surface area (Å²) < 4.78 is 6.99. The molecular formula is C14H15N3O4. The number of para-hydroxylation sites is 1.